The number of rotatable bonds is 8. The van der Waals surface area contributed by atoms with E-state index in [2.05, 4.69) is 10.1 Å². The van der Waals surface area contributed by atoms with Crippen LogP contribution in [0.2, 0.25) is 0 Å². The predicted molar refractivity (Wildman–Crippen MR) is 91.9 cm³/mol. The van der Waals surface area contributed by atoms with Crippen LogP contribution in [0.15, 0.2) is 48.5 Å². The second-order valence-electron chi connectivity index (χ2n) is 5.54. The van der Waals surface area contributed by atoms with Crippen molar-refractivity contribution >= 4 is 17.7 Å². The molecule has 0 bridgehead atoms. The Kier molecular flexibility index (Phi) is 6.99. The van der Waals surface area contributed by atoms with Crippen molar-refractivity contribution in [3.8, 4) is 5.75 Å². The number of Topliss-reactive ketones (excluding diaryl/α,β-unsaturated/α-hetero) is 1. The molecular weight excluding hydrogens is 360 g/mol. The van der Waals surface area contributed by atoms with E-state index in [0.29, 0.717) is 5.56 Å². The van der Waals surface area contributed by atoms with Gasteiger partial charge >= 0.3 is 12.6 Å². The summed E-state index contributed by atoms with van der Waals surface area (Å²) in [5.41, 5.74) is 1.49. The average Bonchev–Trinajstić information content (AvgIpc) is 2.64. The van der Waals surface area contributed by atoms with Crippen molar-refractivity contribution in [1.29, 1.82) is 0 Å². The van der Waals surface area contributed by atoms with Gasteiger partial charge in [-0.05, 0) is 43.3 Å². The minimum Gasteiger partial charge on any atom is -0.456 e. The fourth-order valence-corrected chi connectivity index (χ4v) is 2.14. The van der Waals surface area contributed by atoms with E-state index in [-0.39, 0.29) is 17.9 Å². The average molecular weight is 377 g/mol. The normalized spacial score (nSPS) is 10.4. The van der Waals surface area contributed by atoms with Crippen molar-refractivity contribution in [3.63, 3.8) is 0 Å². The zero-order chi connectivity index (χ0) is 19.8. The number of ether oxygens (including phenoxy) is 2. The van der Waals surface area contributed by atoms with Gasteiger partial charge in [0.2, 0.25) is 0 Å². The van der Waals surface area contributed by atoms with Gasteiger partial charge in [-0.1, -0.05) is 17.7 Å². The summed E-state index contributed by atoms with van der Waals surface area (Å²) < 4.78 is 33.1. The number of alkyl halides is 2. The van der Waals surface area contributed by atoms with Crippen LogP contribution in [0.5, 0.6) is 5.75 Å². The van der Waals surface area contributed by atoms with Crippen molar-refractivity contribution in [3.05, 3.63) is 65.2 Å². The second kappa shape index (κ2) is 9.42. The fraction of sp³-hybridized carbons (Fsp3) is 0.211. The van der Waals surface area contributed by atoms with Gasteiger partial charge in [0.1, 0.15) is 12.3 Å². The number of carbonyl (C=O) groups excluding carboxylic acids is 3. The molecule has 1 N–H and O–H groups in total. The molecule has 6 nitrogen and oxygen atoms in total. The van der Waals surface area contributed by atoms with Crippen molar-refractivity contribution in [2.75, 3.05) is 13.2 Å². The first-order valence-electron chi connectivity index (χ1n) is 7.93. The van der Waals surface area contributed by atoms with Crippen LogP contribution < -0.4 is 10.1 Å². The molecule has 0 saturated carbocycles. The molecular formula is C19H17F2NO5. The molecule has 0 aliphatic carbocycles. The van der Waals surface area contributed by atoms with Crippen LogP contribution in [0.3, 0.4) is 0 Å². The third kappa shape index (κ3) is 6.50. The Morgan fingerprint density at radius 1 is 1.04 bits per heavy atom. The Bertz CT molecular complexity index is 821. The molecule has 0 spiro atoms. The first kappa shape index (κ1) is 20.0. The maximum Gasteiger partial charge on any atom is 0.387 e. The molecule has 0 unspecified atom stereocenters. The lowest BCUT2D eigenvalue weighted by Crippen LogP contribution is -2.31. The van der Waals surface area contributed by atoms with E-state index >= 15 is 0 Å². The number of benzene rings is 2. The summed E-state index contributed by atoms with van der Waals surface area (Å²) in [5, 5.41) is 2.40. The van der Waals surface area contributed by atoms with Gasteiger partial charge in [-0.3, -0.25) is 14.4 Å². The summed E-state index contributed by atoms with van der Waals surface area (Å²) in [6, 6.07) is 11.8. The number of carbonyl (C=O) groups is 3. The first-order valence-corrected chi connectivity index (χ1v) is 7.93. The number of hydrogen-bond acceptors (Lipinski definition) is 5. The van der Waals surface area contributed by atoms with Gasteiger partial charge in [0.05, 0.1) is 0 Å². The molecule has 0 aliphatic heterocycles. The van der Waals surface area contributed by atoms with Crippen molar-refractivity contribution in [2.45, 2.75) is 13.5 Å². The van der Waals surface area contributed by atoms with Crippen molar-refractivity contribution in [1.82, 2.24) is 5.32 Å². The van der Waals surface area contributed by atoms with Crippen LogP contribution >= 0.6 is 0 Å². The number of amides is 1. The molecule has 0 atom stereocenters. The van der Waals surface area contributed by atoms with Gasteiger partial charge in [-0.2, -0.15) is 8.78 Å². The molecule has 0 aliphatic rings. The van der Waals surface area contributed by atoms with Crippen molar-refractivity contribution in [2.24, 2.45) is 0 Å². The highest BCUT2D eigenvalue weighted by Gasteiger charge is 2.13. The molecule has 27 heavy (non-hydrogen) atoms. The topological polar surface area (TPSA) is 81.7 Å². The fourth-order valence-electron chi connectivity index (χ4n) is 2.14. The van der Waals surface area contributed by atoms with E-state index in [1.54, 1.807) is 18.2 Å². The Morgan fingerprint density at radius 2 is 1.74 bits per heavy atom. The first-order chi connectivity index (χ1) is 12.8. The molecule has 0 radical (unpaired) electrons. The summed E-state index contributed by atoms with van der Waals surface area (Å²) in [6.07, 6.45) is 0. The molecule has 2 aromatic rings. The highest BCUT2D eigenvalue weighted by molar-refractivity contribution is 5.99. The number of aryl methyl sites for hydroxylation is 1. The molecule has 2 aromatic carbocycles. The van der Waals surface area contributed by atoms with Crippen LogP contribution in [0.1, 0.15) is 26.3 Å². The lowest BCUT2D eigenvalue weighted by Gasteiger charge is -2.07. The van der Waals surface area contributed by atoms with Gasteiger partial charge in [0, 0.05) is 11.1 Å². The van der Waals surface area contributed by atoms with Gasteiger partial charge in [-0.15, -0.1) is 0 Å². The van der Waals surface area contributed by atoms with Crippen molar-refractivity contribution < 1.29 is 32.6 Å². The molecule has 0 aromatic heterocycles. The third-order valence-corrected chi connectivity index (χ3v) is 3.44. The van der Waals surface area contributed by atoms with Crippen LogP contribution in [0, 0.1) is 6.92 Å². The Balaban J connectivity index is 1.77. The molecule has 1 amide bonds. The largest absolute Gasteiger partial charge is 0.456 e. The Labute approximate surface area is 154 Å². The van der Waals surface area contributed by atoms with E-state index in [4.69, 9.17) is 4.74 Å². The maximum atomic E-state index is 12.1. The standard InChI is InChI=1S/C19H17F2NO5/c1-12-3-2-4-14(9-12)18(25)22-10-17(24)26-11-16(23)13-5-7-15(8-6-13)27-19(20)21/h2-9,19H,10-11H2,1H3,(H,22,25). The number of esters is 1. The predicted octanol–water partition coefficient (Wildman–Crippen LogP) is 2.75. The monoisotopic (exact) mass is 377 g/mol. The molecule has 0 saturated heterocycles. The summed E-state index contributed by atoms with van der Waals surface area (Å²) in [5.74, 6) is -1.81. The molecule has 8 heteroatoms. The number of nitrogens with one attached hydrogen (secondary N) is 1. The van der Waals surface area contributed by atoms with Crippen LogP contribution in [-0.2, 0) is 9.53 Å². The second-order valence-corrected chi connectivity index (χ2v) is 5.54. The van der Waals surface area contributed by atoms with Gasteiger partial charge in [0.15, 0.2) is 12.4 Å². The van der Waals surface area contributed by atoms with Crippen LogP contribution in [0.25, 0.3) is 0 Å². The molecule has 2 rings (SSSR count). The van der Waals surface area contributed by atoms with E-state index < -0.39 is 30.9 Å². The lowest BCUT2D eigenvalue weighted by molar-refractivity contribution is -0.141. The van der Waals surface area contributed by atoms with Crippen LogP contribution in [-0.4, -0.2) is 37.4 Å². The minimum atomic E-state index is -2.96. The van der Waals surface area contributed by atoms with E-state index in [0.717, 1.165) is 5.56 Å². The lowest BCUT2D eigenvalue weighted by atomic mass is 10.1. The Hall–Kier alpha value is -3.29. The maximum absolute atomic E-state index is 12.1. The van der Waals surface area contributed by atoms with Crippen LogP contribution in [0.4, 0.5) is 8.78 Å². The molecule has 0 fully saturated rings. The highest BCUT2D eigenvalue weighted by atomic mass is 19.3. The Morgan fingerprint density at radius 3 is 2.37 bits per heavy atom. The summed E-state index contributed by atoms with van der Waals surface area (Å²) in [4.78, 5) is 35.5. The summed E-state index contributed by atoms with van der Waals surface area (Å²) in [7, 11) is 0. The van der Waals surface area contributed by atoms with Gasteiger partial charge in [0.25, 0.3) is 5.91 Å². The molecule has 142 valence electrons. The summed E-state index contributed by atoms with van der Waals surface area (Å²) in [6.45, 7) is -2.04. The third-order valence-electron chi connectivity index (χ3n) is 3.44. The zero-order valence-electron chi connectivity index (χ0n) is 14.4. The number of ketones is 1. The van der Waals surface area contributed by atoms with Gasteiger partial charge in [-0.25, -0.2) is 0 Å². The van der Waals surface area contributed by atoms with E-state index in [1.165, 1.54) is 24.3 Å². The SMILES string of the molecule is Cc1cccc(C(=O)NCC(=O)OCC(=O)c2ccc(OC(F)F)cc2)c1. The number of halogens is 2. The smallest absolute Gasteiger partial charge is 0.387 e. The van der Waals surface area contributed by atoms with Gasteiger partial charge < -0.3 is 14.8 Å². The quantitative estimate of drug-likeness (QED) is 0.565. The minimum absolute atomic E-state index is 0.0857. The zero-order valence-corrected chi connectivity index (χ0v) is 14.4. The molecule has 0 heterocycles. The number of hydrogen-bond donors (Lipinski definition) is 1. The van der Waals surface area contributed by atoms with E-state index in [9.17, 15) is 23.2 Å². The summed E-state index contributed by atoms with van der Waals surface area (Å²) >= 11 is 0. The van der Waals surface area contributed by atoms with E-state index in [1.807, 2.05) is 13.0 Å². The highest BCUT2D eigenvalue weighted by Crippen LogP contribution is 2.15.